The molecule has 0 spiro atoms. The lowest BCUT2D eigenvalue weighted by atomic mass is 10.0. The molecule has 150 valence electrons. The van der Waals surface area contributed by atoms with Gasteiger partial charge in [0.25, 0.3) is 11.8 Å². The number of aryl methyl sites for hydroxylation is 3. The first-order chi connectivity index (χ1) is 14.3. The number of nitrogens with zero attached hydrogens (tertiary/aromatic N) is 1. The number of carbonyl (C=O) groups excluding carboxylic acids is 2. The van der Waals surface area contributed by atoms with E-state index < -0.39 is 11.8 Å². The lowest BCUT2D eigenvalue weighted by Gasteiger charge is -2.17. The second kappa shape index (κ2) is 7.59. The van der Waals surface area contributed by atoms with E-state index in [1.807, 2.05) is 57.2 Å². The van der Waals surface area contributed by atoms with Gasteiger partial charge in [0, 0.05) is 5.69 Å². The fraction of sp³-hybridized carbons (Fsp3) is 0.120. The van der Waals surface area contributed by atoms with Crippen molar-refractivity contribution in [3.05, 3.63) is 100 Å². The predicted molar refractivity (Wildman–Crippen MR) is 117 cm³/mol. The second-order valence-electron chi connectivity index (χ2n) is 7.46. The molecule has 0 unspecified atom stereocenters. The molecule has 0 radical (unpaired) electrons. The van der Waals surface area contributed by atoms with E-state index in [1.54, 1.807) is 6.07 Å². The van der Waals surface area contributed by atoms with E-state index in [-0.39, 0.29) is 11.5 Å². The highest BCUT2D eigenvalue weighted by atomic mass is 19.1. The monoisotopic (exact) mass is 400 g/mol. The zero-order chi connectivity index (χ0) is 21.4. The maximum Gasteiger partial charge on any atom is 0.282 e. The van der Waals surface area contributed by atoms with Crippen LogP contribution in [0.3, 0.4) is 0 Å². The van der Waals surface area contributed by atoms with E-state index in [0.717, 1.165) is 16.7 Å². The number of anilines is 2. The molecule has 0 saturated carbocycles. The van der Waals surface area contributed by atoms with Crippen LogP contribution in [-0.4, -0.2) is 11.8 Å². The molecule has 4 nitrogen and oxygen atoms in total. The van der Waals surface area contributed by atoms with Crippen LogP contribution in [0.2, 0.25) is 0 Å². The summed E-state index contributed by atoms with van der Waals surface area (Å²) >= 11 is 0. The van der Waals surface area contributed by atoms with Crippen molar-refractivity contribution in [2.24, 2.45) is 0 Å². The summed E-state index contributed by atoms with van der Waals surface area (Å²) in [6.45, 7) is 5.87. The molecule has 5 heteroatoms. The third kappa shape index (κ3) is 3.50. The highest BCUT2D eigenvalue weighted by Crippen LogP contribution is 2.34. The minimum Gasteiger partial charge on any atom is -0.350 e. The molecule has 0 fully saturated rings. The average Bonchev–Trinajstić information content (AvgIpc) is 2.96. The van der Waals surface area contributed by atoms with E-state index >= 15 is 0 Å². The maximum atomic E-state index is 13.4. The zero-order valence-corrected chi connectivity index (χ0v) is 17.0. The normalized spacial score (nSPS) is 13.9. The van der Waals surface area contributed by atoms with Crippen molar-refractivity contribution in [2.45, 2.75) is 20.8 Å². The highest BCUT2D eigenvalue weighted by Gasteiger charge is 2.40. The number of rotatable bonds is 4. The minimum atomic E-state index is -0.442. The average molecular weight is 400 g/mol. The first kappa shape index (κ1) is 19.6. The molecule has 3 aromatic rings. The Morgan fingerprint density at radius 2 is 1.43 bits per heavy atom. The summed E-state index contributed by atoms with van der Waals surface area (Å²) in [5.41, 5.74) is 5.29. The molecular weight excluding hydrogens is 379 g/mol. The highest BCUT2D eigenvalue weighted by molar-refractivity contribution is 6.46. The Kier molecular flexibility index (Phi) is 4.96. The second-order valence-corrected chi connectivity index (χ2v) is 7.46. The summed E-state index contributed by atoms with van der Waals surface area (Å²) in [6, 6.07) is 18.6. The van der Waals surface area contributed by atoms with Crippen molar-refractivity contribution in [2.75, 3.05) is 10.2 Å². The molecule has 0 bridgehead atoms. The van der Waals surface area contributed by atoms with Crippen LogP contribution in [0, 0.1) is 26.6 Å². The molecule has 4 rings (SSSR count). The van der Waals surface area contributed by atoms with Crippen LogP contribution in [0.25, 0.3) is 5.57 Å². The molecule has 30 heavy (non-hydrogen) atoms. The number of nitrogens with one attached hydrogen (secondary N) is 1. The van der Waals surface area contributed by atoms with Gasteiger partial charge in [-0.05, 0) is 73.9 Å². The van der Waals surface area contributed by atoms with Gasteiger partial charge in [-0.15, -0.1) is 0 Å². The van der Waals surface area contributed by atoms with Gasteiger partial charge in [-0.1, -0.05) is 35.9 Å². The van der Waals surface area contributed by atoms with Crippen LogP contribution in [0.1, 0.15) is 22.3 Å². The molecule has 0 aliphatic carbocycles. The number of benzene rings is 3. The molecule has 3 aromatic carbocycles. The summed E-state index contributed by atoms with van der Waals surface area (Å²) in [6.07, 6.45) is 0. The van der Waals surface area contributed by atoms with Gasteiger partial charge in [0.15, 0.2) is 0 Å². The lowest BCUT2D eigenvalue weighted by molar-refractivity contribution is -0.120. The van der Waals surface area contributed by atoms with E-state index in [2.05, 4.69) is 5.32 Å². The van der Waals surface area contributed by atoms with Crippen molar-refractivity contribution in [1.82, 2.24) is 0 Å². The van der Waals surface area contributed by atoms with E-state index in [9.17, 15) is 14.0 Å². The van der Waals surface area contributed by atoms with Crippen LogP contribution in [-0.2, 0) is 9.59 Å². The standard InChI is InChI=1S/C25H21FN2O2/c1-15-4-7-18(8-5-15)22-23(27-20-11-9-19(26)10-12-20)25(30)28(24(22)29)21-13-6-16(2)17(3)14-21/h4-14,27H,1-3H3. The van der Waals surface area contributed by atoms with E-state index in [1.165, 1.54) is 29.2 Å². The Morgan fingerprint density at radius 1 is 0.767 bits per heavy atom. The smallest absolute Gasteiger partial charge is 0.282 e. The molecule has 0 saturated heterocycles. The lowest BCUT2D eigenvalue weighted by Crippen LogP contribution is -2.32. The quantitative estimate of drug-likeness (QED) is 0.617. The number of carbonyl (C=O) groups is 2. The SMILES string of the molecule is Cc1ccc(C2=C(Nc3ccc(F)cc3)C(=O)N(c3ccc(C)c(C)c3)C2=O)cc1. The molecule has 0 atom stereocenters. The molecule has 1 N–H and O–H groups in total. The number of halogens is 1. The molecule has 0 aromatic heterocycles. The topological polar surface area (TPSA) is 49.4 Å². The van der Waals surface area contributed by atoms with Gasteiger partial charge in [0.05, 0.1) is 11.3 Å². The molecule has 1 aliphatic rings. The molecule has 1 heterocycles. The summed E-state index contributed by atoms with van der Waals surface area (Å²) in [5.74, 6) is -1.21. The zero-order valence-electron chi connectivity index (χ0n) is 17.0. The first-order valence-corrected chi connectivity index (χ1v) is 9.65. The third-order valence-electron chi connectivity index (χ3n) is 5.29. The van der Waals surface area contributed by atoms with Gasteiger partial charge >= 0.3 is 0 Å². The predicted octanol–water partition coefficient (Wildman–Crippen LogP) is 5.15. The Hall–Kier alpha value is -3.73. The van der Waals surface area contributed by atoms with Gasteiger partial charge in [-0.2, -0.15) is 0 Å². The van der Waals surface area contributed by atoms with Crippen LogP contribution < -0.4 is 10.2 Å². The van der Waals surface area contributed by atoms with Gasteiger partial charge in [-0.25, -0.2) is 9.29 Å². The first-order valence-electron chi connectivity index (χ1n) is 9.65. The Morgan fingerprint density at radius 3 is 2.07 bits per heavy atom. The van der Waals surface area contributed by atoms with Crippen molar-refractivity contribution in [3.63, 3.8) is 0 Å². The third-order valence-corrected chi connectivity index (χ3v) is 5.29. The fourth-order valence-corrected chi connectivity index (χ4v) is 3.41. The van der Waals surface area contributed by atoms with Crippen LogP contribution in [0.15, 0.2) is 72.4 Å². The van der Waals surface area contributed by atoms with Gasteiger partial charge in [0.2, 0.25) is 0 Å². The van der Waals surface area contributed by atoms with Crippen molar-refractivity contribution in [3.8, 4) is 0 Å². The maximum absolute atomic E-state index is 13.4. The summed E-state index contributed by atoms with van der Waals surface area (Å²) < 4.78 is 13.3. The Bertz CT molecular complexity index is 1180. The molecular formula is C25H21FN2O2. The van der Waals surface area contributed by atoms with Gasteiger partial charge in [-0.3, -0.25) is 9.59 Å². The largest absolute Gasteiger partial charge is 0.350 e. The van der Waals surface area contributed by atoms with Crippen LogP contribution in [0.4, 0.5) is 15.8 Å². The van der Waals surface area contributed by atoms with Crippen LogP contribution in [0.5, 0.6) is 0 Å². The number of hydrogen-bond acceptors (Lipinski definition) is 3. The molecule has 1 aliphatic heterocycles. The number of amides is 2. The van der Waals surface area contributed by atoms with Crippen molar-refractivity contribution < 1.29 is 14.0 Å². The van der Waals surface area contributed by atoms with Gasteiger partial charge in [0.1, 0.15) is 11.5 Å². The van der Waals surface area contributed by atoms with E-state index in [4.69, 9.17) is 0 Å². The van der Waals surface area contributed by atoms with Gasteiger partial charge < -0.3 is 5.32 Å². The van der Waals surface area contributed by atoms with Crippen LogP contribution >= 0.6 is 0 Å². The van der Waals surface area contributed by atoms with Crippen molar-refractivity contribution >= 4 is 28.8 Å². The summed E-state index contributed by atoms with van der Waals surface area (Å²) in [5, 5.41) is 3.04. The molecule has 2 amide bonds. The Labute approximate surface area is 174 Å². The fourth-order valence-electron chi connectivity index (χ4n) is 3.41. The minimum absolute atomic E-state index is 0.175. The van der Waals surface area contributed by atoms with Crippen molar-refractivity contribution in [1.29, 1.82) is 0 Å². The summed E-state index contributed by atoms with van der Waals surface area (Å²) in [7, 11) is 0. The van der Waals surface area contributed by atoms with E-state index in [0.29, 0.717) is 22.5 Å². The Balaban J connectivity index is 1.82. The number of imide groups is 1. The number of hydrogen-bond donors (Lipinski definition) is 1. The summed E-state index contributed by atoms with van der Waals surface area (Å²) in [4.78, 5) is 27.9.